The Balaban J connectivity index is 2.23. The lowest BCUT2D eigenvalue weighted by molar-refractivity contribution is -0.220. The highest BCUT2D eigenvalue weighted by Crippen LogP contribution is 2.47. The third kappa shape index (κ3) is 38.5. The topological polar surface area (TPSA) is 206 Å². The summed E-state index contributed by atoms with van der Waals surface area (Å²) in [6.45, 7) is 3.94. The second-order valence-corrected chi connectivity index (χ2v) is 23.3. The summed E-state index contributed by atoms with van der Waals surface area (Å²) in [6.07, 6.45) is 44.4. The van der Waals surface area contributed by atoms with Gasteiger partial charge in [0, 0.05) is 6.42 Å². The maximum Gasteiger partial charge on any atom is 0.472 e. The Kier molecular flexibility index (Phi) is 46.0. The van der Waals surface area contributed by atoms with Gasteiger partial charge in [-0.3, -0.25) is 13.8 Å². The van der Waals surface area contributed by atoms with E-state index in [2.05, 4.69) is 19.2 Å². The van der Waals surface area contributed by atoms with E-state index in [9.17, 15) is 44.9 Å². The Morgan fingerprint density at radius 1 is 0.423 bits per heavy atom. The molecule has 12 nitrogen and oxygen atoms in total. The first kappa shape index (κ1) is 68.4. The van der Waals surface area contributed by atoms with Crippen LogP contribution < -0.4 is 5.32 Å². The van der Waals surface area contributed by atoms with Crippen LogP contribution in [-0.4, -0.2) is 96.8 Å². The predicted molar refractivity (Wildman–Crippen MR) is 292 cm³/mol. The van der Waals surface area contributed by atoms with E-state index in [1.807, 2.05) is 0 Å². The number of phosphoric acid groups is 1. The highest BCUT2D eigenvalue weighted by atomic mass is 31.2. The Bertz CT molecular complexity index is 1200. The molecule has 9 atom stereocenters. The molecule has 0 aliphatic heterocycles. The Morgan fingerprint density at radius 2 is 0.676 bits per heavy atom. The predicted octanol–water partition coefficient (Wildman–Crippen LogP) is 14.1. The van der Waals surface area contributed by atoms with Crippen molar-refractivity contribution in [2.45, 2.75) is 358 Å². The largest absolute Gasteiger partial charge is 0.472 e. The van der Waals surface area contributed by atoms with Crippen LogP contribution in [0.3, 0.4) is 0 Å². The van der Waals surface area contributed by atoms with Crippen LogP contribution >= 0.6 is 7.82 Å². The third-order valence-electron chi connectivity index (χ3n) is 15.2. The maximum atomic E-state index is 13.1. The third-order valence-corrected chi connectivity index (χ3v) is 16.2. The van der Waals surface area contributed by atoms with Gasteiger partial charge in [0.25, 0.3) is 0 Å². The molecule has 1 aliphatic rings. The van der Waals surface area contributed by atoms with E-state index in [0.717, 1.165) is 38.5 Å². The van der Waals surface area contributed by atoms with Gasteiger partial charge >= 0.3 is 7.82 Å². The van der Waals surface area contributed by atoms with Crippen LogP contribution in [0.5, 0.6) is 0 Å². The van der Waals surface area contributed by atoms with Gasteiger partial charge in [-0.1, -0.05) is 290 Å². The van der Waals surface area contributed by atoms with Crippen molar-refractivity contribution in [2.24, 2.45) is 0 Å². The molecule has 0 saturated heterocycles. The number of aliphatic hydroxyl groups excluding tert-OH is 6. The van der Waals surface area contributed by atoms with Crippen LogP contribution in [-0.2, 0) is 18.4 Å². The molecule has 1 aliphatic carbocycles. The quantitative estimate of drug-likeness (QED) is 0.0212. The molecular formula is C58H116NO11P. The van der Waals surface area contributed by atoms with Crippen LogP contribution in [0.1, 0.15) is 309 Å². The van der Waals surface area contributed by atoms with Gasteiger partial charge < -0.3 is 40.8 Å². The van der Waals surface area contributed by atoms with E-state index >= 15 is 0 Å². The van der Waals surface area contributed by atoms with Crippen LogP contribution in [0, 0.1) is 0 Å². The summed E-state index contributed by atoms with van der Waals surface area (Å²) >= 11 is 0. The van der Waals surface area contributed by atoms with Crippen molar-refractivity contribution in [2.75, 3.05) is 6.61 Å². The molecule has 0 heterocycles. The molecule has 1 saturated carbocycles. The fourth-order valence-corrected chi connectivity index (χ4v) is 11.2. The van der Waals surface area contributed by atoms with Gasteiger partial charge in [-0.25, -0.2) is 4.57 Å². The average molecular weight is 1030 g/mol. The Labute approximate surface area is 436 Å². The van der Waals surface area contributed by atoms with E-state index in [1.165, 1.54) is 231 Å². The molecule has 8 N–H and O–H groups in total. The van der Waals surface area contributed by atoms with E-state index in [-0.39, 0.29) is 12.3 Å². The summed E-state index contributed by atoms with van der Waals surface area (Å²) in [4.78, 5) is 23.6. The van der Waals surface area contributed by atoms with Gasteiger partial charge in [-0.05, 0) is 12.8 Å². The van der Waals surface area contributed by atoms with Gasteiger partial charge in [-0.15, -0.1) is 0 Å². The lowest BCUT2D eigenvalue weighted by Gasteiger charge is -2.41. The first-order valence-electron chi connectivity index (χ1n) is 30.5. The number of carbonyl (C=O) groups excluding carboxylic acids is 1. The molecule has 1 fully saturated rings. The zero-order valence-electron chi connectivity index (χ0n) is 46.1. The molecule has 0 spiro atoms. The van der Waals surface area contributed by atoms with Gasteiger partial charge in [0.1, 0.15) is 36.6 Å². The van der Waals surface area contributed by atoms with E-state index < -0.39 is 63.2 Å². The molecule has 1 rings (SSSR count). The number of aliphatic hydroxyl groups is 6. The molecule has 6 unspecified atom stereocenters. The Hall–Kier alpha value is -0.660. The van der Waals surface area contributed by atoms with Crippen molar-refractivity contribution in [3.63, 3.8) is 0 Å². The van der Waals surface area contributed by atoms with Crippen LogP contribution in [0.2, 0.25) is 0 Å². The number of nitrogens with one attached hydrogen (secondary N) is 1. The molecule has 1 amide bonds. The molecule has 0 aromatic carbocycles. The molecule has 0 aromatic heterocycles. The number of amides is 1. The van der Waals surface area contributed by atoms with Crippen LogP contribution in [0.15, 0.2) is 0 Å². The minimum absolute atomic E-state index is 0.244. The van der Waals surface area contributed by atoms with Crippen molar-refractivity contribution in [3.05, 3.63) is 0 Å². The highest BCUT2D eigenvalue weighted by molar-refractivity contribution is 7.47. The number of hydrogen-bond acceptors (Lipinski definition) is 10. The Morgan fingerprint density at radius 3 is 0.972 bits per heavy atom. The second-order valence-electron chi connectivity index (χ2n) is 21.9. The number of hydrogen-bond donors (Lipinski definition) is 8. The van der Waals surface area contributed by atoms with Crippen molar-refractivity contribution in [1.29, 1.82) is 0 Å². The van der Waals surface area contributed by atoms with Crippen molar-refractivity contribution >= 4 is 13.7 Å². The van der Waals surface area contributed by atoms with Crippen LogP contribution in [0.4, 0.5) is 0 Å². The summed E-state index contributed by atoms with van der Waals surface area (Å²) in [5, 5.41) is 64.5. The van der Waals surface area contributed by atoms with E-state index in [1.54, 1.807) is 0 Å². The van der Waals surface area contributed by atoms with Crippen molar-refractivity contribution in [1.82, 2.24) is 5.32 Å². The monoisotopic (exact) mass is 1030 g/mol. The second kappa shape index (κ2) is 47.8. The fraction of sp³-hybridized carbons (Fsp3) is 0.983. The molecule has 424 valence electrons. The number of rotatable bonds is 53. The minimum Gasteiger partial charge on any atom is -0.391 e. The van der Waals surface area contributed by atoms with Crippen molar-refractivity contribution < 1.29 is 53.9 Å². The smallest absolute Gasteiger partial charge is 0.391 e. The van der Waals surface area contributed by atoms with Gasteiger partial charge in [0.05, 0.1) is 18.8 Å². The zero-order chi connectivity index (χ0) is 52.1. The summed E-state index contributed by atoms with van der Waals surface area (Å²) in [5.41, 5.74) is 0. The molecule has 13 heteroatoms. The first-order valence-corrected chi connectivity index (χ1v) is 32.0. The summed E-state index contributed by atoms with van der Waals surface area (Å²) in [7, 11) is -5.06. The van der Waals surface area contributed by atoms with Crippen LogP contribution in [0.25, 0.3) is 0 Å². The minimum atomic E-state index is -5.06. The first-order chi connectivity index (χ1) is 34.4. The van der Waals surface area contributed by atoms with Gasteiger partial charge in [0.15, 0.2) is 0 Å². The molecule has 0 bridgehead atoms. The van der Waals surface area contributed by atoms with E-state index in [4.69, 9.17) is 9.05 Å². The average Bonchev–Trinajstić information content (AvgIpc) is 3.35. The van der Waals surface area contributed by atoms with E-state index in [0.29, 0.717) is 19.3 Å². The number of phosphoric ester groups is 1. The molecular weight excluding hydrogens is 918 g/mol. The summed E-state index contributed by atoms with van der Waals surface area (Å²) in [6, 6.07) is -1.03. The fourth-order valence-electron chi connectivity index (χ4n) is 10.3. The van der Waals surface area contributed by atoms with Gasteiger partial charge in [-0.2, -0.15) is 0 Å². The SMILES string of the molecule is CCCCCCCCCCCCCCCCCCCCCCCCCCCCCCCC(=O)N[C@@H](COP(=O)(O)OC1C(O)C(O)C(O)[C@@H](O)C1O)[C@H](O)CCCCCCCCCCCCCCCCC. The highest BCUT2D eigenvalue weighted by Gasteiger charge is 2.51. The molecule has 0 aromatic rings. The number of unbranched alkanes of at least 4 members (excludes halogenated alkanes) is 42. The summed E-state index contributed by atoms with van der Waals surface area (Å²) in [5.74, 6) is -0.300. The molecule has 71 heavy (non-hydrogen) atoms. The standard InChI is InChI=1S/C58H116NO11P/c1-3-5-7-9-11-13-15-17-19-20-21-22-23-24-25-26-27-28-29-30-31-32-34-36-38-40-42-44-46-48-52(61)59-50(49-69-71(67,68)70-58-56(65)54(63)53(62)55(64)57(58)66)51(60)47-45-43-41-39-37-35-33-18-16-14-12-10-8-6-4-2/h50-51,53-58,60,62-66H,3-49H2,1-2H3,(H,59,61)(H,67,68)/t50-,51+,53?,54+,55?,56?,57?,58?/m0/s1. The number of carbonyl (C=O) groups is 1. The van der Waals surface area contributed by atoms with Gasteiger partial charge in [0.2, 0.25) is 5.91 Å². The normalized spacial score (nSPS) is 21.1. The van der Waals surface area contributed by atoms with Crippen molar-refractivity contribution in [3.8, 4) is 0 Å². The lowest BCUT2D eigenvalue weighted by Crippen LogP contribution is -2.64. The molecule has 0 radical (unpaired) electrons. The summed E-state index contributed by atoms with van der Waals surface area (Å²) < 4.78 is 23.1. The lowest BCUT2D eigenvalue weighted by atomic mass is 9.85. The zero-order valence-corrected chi connectivity index (χ0v) is 47.0. The maximum absolute atomic E-state index is 13.1.